The van der Waals surface area contributed by atoms with Crippen LogP contribution in [0.4, 0.5) is 8.78 Å². The van der Waals surface area contributed by atoms with Gasteiger partial charge < -0.3 is 4.74 Å². The van der Waals surface area contributed by atoms with E-state index in [4.69, 9.17) is 11.6 Å². The summed E-state index contributed by atoms with van der Waals surface area (Å²) in [5.41, 5.74) is -0.0149. The standard InChI is InChI=1S/C10H10ClF2NO2/c1-5-7(9(12)13)6(3-11)4-14-8(5)10(15)16-2/h4,9H,3H2,1-2H3. The zero-order valence-electron chi connectivity index (χ0n) is 8.76. The second-order valence-electron chi connectivity index (χ2n) is 3.10. The van der Waals surface area contributed by atoms with Gasteiger partial charge in [-0.05, 0) is 18.1 Å². The van der Waals surface area contributed by atoms with Gasteiger partial charge in [0.2, 0.25) is 0 Å². The van der Waals surface area contributed by atoms with Crippen LogP contribution in [0, 0.1) is 6.92 Å². The quantitative estimate of drug-likeness (QED) is 0.611. The maximum atomic E-state index is 12.8. The van der Waals surface area contributed by atoms with Gasteiger partial charge >= 0.3 is 5.97 Å². The average molecular weight is 250 g/mol. The molecule has 1 rings (SSSR count). The molecule has 0 fully saturated rings. The summed E-state index contributed by atoms with van der Waals surface area (Å²) < 4.78 is 30.0. The third kappa shape index (κ3) is 2.29. The molecule has 0 aliphatic rings. The minimum atomic E-state index is -2.69. The molecule has 1 heterocycles. The van der Waals surface area contributed by atoms with E-state index in [1.54, 1.807) is 0 Å². The molecule has 0 spiro atoms. The molecule has 3 nitrogen and oxygen atoms in total. The first kappa shape index (κ1) is 12.8. The fraction of sp³-hybridized carbons (Fsp3) is 0.400. The fourth-order valence-corrected chi connectivity index (χ4v) is 1.60. The van der Waals surface area contributed by atoms with Crippen LogP contribution in [0.25, 0.3) is 0 Å². The first-order chi connectivity index (χ1) is 7.52. The molecule has 0 aliphatic carbocycles. The monoisotopic (exact) mass is 249 g/mol. The number of esters is 1. The van der Waals surface area contributed by atoms with Crippen LogP contribution in [0.1, 0.15) is 33.6 Å². The molecule has 0 saturated heterocycles. The molecular weight excluding hydrogens is 240 g/mol. The topological polar surface area (TPSA) is 39.2 Å². The van der Waals surface area contributed by atoms with Crippen molar-refractivity contribution in [1.29, 1.82) is 0 Å². The third-order valence-electron chi connectivity index (χ3n) is 2.20. The van der Waals surface area contributed by atoms with Crippen LogP contribution in [0.3, 0.4) is 0 Å². The largest absolute Gasteiger partial charge is 0.464 e. The number of alkyl halides is 3. The summed E-state index contributed by atoms with van der Waals surface area (Å²) in [5, 5.41) is 0. The van der Waals surface area contributed by atoms with E-state index in [0.717, 1.165) is 0 Å². The van der Waals surface area contributed by atoms with E-state index in [1.165, 1.54) is 20.2 Å². The lowest BCUT2D eigenvalue weighted by Gasteiger charge is -2.12. The number of halogens is 3. The highest BCUT2D eigenvalue weighted by Gasteiger charge is 2.22. The highest BCUT2D eigenvalue weighted by Crippen LogP contribution is 2.28. The molecular formula is C10H10ClF2NO2. The van der Waals surface area contributed by atoms with Gasteiger partial charge in [-0.3, -0.25) is 0 Å². The Morgan fingerprint density at radius 2 is 2.25 bits per heavy atom. The number of ether oxygens (including phenoxy) is 1. The first-order valence-corrected chi connectivity index (χ1v) is 4.97. The maximum absolute atomic E-state index is 12.8. The van der Waals surface area contributed by atoms with E-state index in [1.807, 2.05) is 0 Å². The smallest absolute Gasteiger partial charge is 0.356 e. The molecule has 0 amide bonds. The van der Waals surface area contributed by atoms with Crippen molar-refractivity contribution in [3.63, 3.8) is 0 Å². The van der Waals surface area contributed by atoms with E-state index in [2.05, 4.69) is 9.72 Å². The van der Waals surface area contributed by atoms with Crippen molar-refractivity contribution in [2.45, 2.75) is 19.2 Å². The molecule has 0 N–H and O–H groups in total. The van der Waals surface area contributed by atoms with E-state index >= 15 is 0 Å². The SMILES string of the molecule is COC(=O)c1ncc(CCl)c(C(F)F)c1C. The van der Waals surface area contributed by atoms with Crippen molar-refractivity contribution in [1.82, 2.24) is 4.98 Å². The Balaban J connectivity index is 3.37. The minimum Gasteiger partial charge on any atom is -0.464 e. The van der Waals surface area contributed by atoms with Gasteiger partial charge in [0.1, 0.15) is 0 Å². The molecule has 0 aromatic carbocycles. The number of aromatic nitrogens is 1. The van der Waals surface area contributed by atoms with Crippen LogP contribution in [0.5, 0.6) is 0 Å². The van der Waals surface area contributed by atoms with Crippen LogP contribution in [0.2, 0.25) is 0 Å². The molecule has 88 valence electrons. The normalized spacial score (nSPS) is 10.6. The van der Waals surface area contributed by atoms with Gasteiger partial charge in [0.05, 0.1) is 7.11 Å². The number of rotatable bonds is 3. The third-order valence-corrected chi connectivity index (χ3v) is 2.48. The van der Waals surface area contributed by atoms with Gasteiger partial charge in [-0.15, -0.1) is 11.6 Å². The Labute approximate surface area is 96.4 Å². The lowest BCUT2D eigenvalue weighted by Crippen LogP contribution is -2.11. The summed E-state index contributed by atoms with van der Waals surface area (Å²) in [4.78, 5) is 15.0. The molecule has 1 aromatic rings. The zero-order valence-corrected chi connectivity index (χ0v) is 9.52. The number of carbonyl (C=O) groups excluding carboxylic acids is 1. The fourth-order valence-electron chi connectivity index (χ4n) is 1.39. The summed E-state index contributed by atoms with van der Waals surface area (Å²) in [6.45, 7) is 1.40. The zero-order chi connectivity index (χ0) is 12.3. The number of pyridine rings is 1. The van der Waals surface area contributed by atoms with Gasteiger partial charge in [-0.2, -0.15) is 0 Å². The highest BCUT2D eigenvalue weighted by atomic mass is 35.5. The molecule has 0 unspecified atom stereocenters. The summed E-state index contributed by atoms with van der Waals surface area (Å²) in [6, 6.07) is 0. The van der Waals surface area contributed by atoms with Crippen molar-refractivity contribution in [2.75, 3.05) is 7.11 Å². The molecule has 0 bridgehead atoms. The number of hydrogen-bond donors (Lipinski definition) is 0. The number of hydrogen-bond acceptors (Lipinski definition) is 3. The molecule has 16 heavy (non-hydrogen) atoms. The second-order valence-corrected chi connectivity index (χ2v) is 3.36. The number of carbonyl (C=O) groups is 1. The van der Waals surface area contributed by atoms with Crippen LogP contribution in [-0.2, 0) is 10.6 Å². The maximum Gasteiger partial charge on any atom is 0.356 e. The Morgan fingerprint density at radius 3 is 2.69 bits per heavy atom. The molecule has 6 heteroatoms. The van der Waals surface area contributed by atoms with Gasteiger partial charge in [0.15, 0.2) is 5.69 Å². The first-order valence-electron chi connectivity index (χ1n) is 4.43. The average Bonchev–Trinajstić information content (AvgIpc) is 2.26. The number of methoxy groups -OCH3 is 1. The summed E-state index contributed by atoms with van der Waals surface area (Å²) in [7, 11) is 1.17. The lowest BCUT2D eigenvalue weighted by atomic mass is 10.0. The van der Waals surface area contributed by atoms with Crippen LogP contribution in [0.15, 0.2) is 6.20 Å². The van der Waals surface area contributed by atoms with Crippen molar-refractivity contribution < 1.29 is 18.3 Å². The predicted molar refractivity (Wildman–Crippen MR) is 54.8 cm³/mol. The van der Waals surface area contributed by atoms with E-state index in [0.29, 0.717) is 0 Å². The Hall–Kier alpha value is -1.23. The molecule has 0 aliphatic heterocycles. The minimum absolute atomic E-state index is 0.0744. The van der Waals surface area contributed by atoms with Crippen LogP contribution in [-0.4, -0.2) is 18.1 Å². The van der Waals surface area contributed by atoms with E-state index < -0.39 is 12.4 Å². The highest BCUT2D eigenvalue weighted by molar-refractivity contribution is 6.17. The van der Waals surface area contributed by atoms with E-state index in [9.17, 15) is 13.6 Å². The molecule has 0 saturated carbocycles. The number of nitrogens with zero attached hydrogens (tertiary/aromatic N) is 1. The summed E-state index contributed by atoms with van der Waals surface area (Å²) in [6.07, 6.45) is -1.52. The van der Waals surface area contributed by atoms with Crippen molar-refractivity contribution in [3.05, 3.63) is 28.6 Å². The van der Waals surface area contributed by atoms with E-state index in [-0.39, 0.29) is 28.3 Å². The Kier molecular flexibility index (Phi) is 4.18. The van der Waals surface area contributed by atoms with Crippen molar-refractivity contribution >= 4 is 17.6 Å². The molecule has 1 aromatic heterocycles. The summed E-state index contributed by atoms with van der Waals surface area (Å²) >= 11 is 5.52. The van der Waals surface area contributed by atoms with Crippen LogP contribution >= 0.6 is 11.6 Å². The Bertz CT molecular complexity index is 410. The Morgan fingerprint density at radius 1 is 1.62 bits per heavy atom. The predicted octanol–water partition coefficient (Wildman–Crippen LogP) is 2.85. The molecule has 0 atom stereocenters. The van der Waals surface area contributed by atoms with Gasteiger partial charge in [0, 0.05) is 17.6 Å². The molecule has 0 radical (unpaired) electrons. The van der Waals surface area contributed by atoms with Gasteiger partial charge in [-0.1, -0.05) is 0 Å². The second kappa shape index (κ2) is 5.21. The van der Waals surface area contributed by atoms with Gasteiger partial charge in [-0.25, -0.2) is 18.6 Å². The lowest BCUT2D eigenvalue weighted by molar-refractivity contribution is 0.0592. The van der Waals surface area contributed by atoms with Gasteiger partial charge in [0.25, 0.3) is 6.43 Å². The van der Waals surface area contributed by atoms with Crippen molar-refractivity contribution in [2.24, 2.45) is 0 Å². The van der Waals surface area contributed by atoms with Crippen molar-refractivity contribution in [3.8, 4) is 0 Å². The summed E-state index contributed by atoms with van der Waals surface area (Å²) in [5.74, 6) is -0.810. The van der Waals surface area contributed by atoms with Crippen LogP contribution < -0.4 is 0 Å².